The number of nitrogens with zero attached hydrogens (tertiary/aromatic N) is 1. The molecule has 0 spiro atoms. The van der Waals surface area contributed by atoms with Gasteiger partial charge in [0.05, 0.1) is 0 Å². The Labute approximate surface area is 117 Å². The van der Waals surface area contributed by atoms with Gasteiger partial charge in [0.25, 0.3) is 0 Å². The summed E-state index contributed by atoms with van der Waals surface area (Å²) in [7, 11) is 1.62. The summed E-state index contributed by atoms with van der Waals surface area (Å²) in [5.74, 6) is -1.16. The number of carboxylic acid groups (broad SMARTS) is 1. The number of hydrogen-bond donors (Lipinski definition) is 2. The van der Waals surface area contributed by atoms with Crippen LogP contribution >= 0.6 is 0 Å². The number of carbonyl (C=O) groups is 2. The number of nitrogens with one attached hydrogen (secondary N) is 1. The molecule has 6 heteroatoms. The van der Waals surface area contributed by atoms with Crippen LogP contribution in [0.3, 0.4) is 0 Å². The number of benzene rings is 1. The van der Waals surface area contributed by atoms with Crippen LogP contribution in [-0.4, -0.2) is 35.6 Å². The highest BCUT2D eigenvalue weighted by atomic mass is 19.1. The van der Waals surface area contributed by atoms with Crippen LogP contribution < -0.4 is 5.32 Å². The highest BCUT2D eigenvalue weighted by Gasteiger charge is 2.08. The van der Waals surface area contributed by atoms with Gasteiger partial charge in [-0.15, -0.1) is 0 Å². The monoisotopic (exact) mass is 282 g/mol. The molecule has 20 heavy (non-hydrogen) atoms. The molecule has 1 rings (SSSR count). The molecular weight excluding hydrogens is 263 g/mol. The standard InChI is InChI=1S/C14H19FN2O3/c1-17(10-11-5-4-6-12(15)9-11)14(20)16-8-3-2-7-13(18)19/h4-6,9H,2-3,7-8,10H2,1H3,(H,16,20)(H,18,19). The number of carboxylic acids is 1. The summed E-state index contributed by atoms with van der Waals surface area (Å²) in [6.45, 7) is 0.748. The fourth-order valence-corrected chi connectivity index (χ4v) is 1.71. The van der Waals surface area contributed by atoms with Gasteiger partial charge in [0, 0.05) is 26.6 Å². The van der Waals surface area contributed by atoms with Crippen molar-refractivity contribution in [3.8, 4) is 0 Å². The molecule has 0 aliphatic rings. The second-order valence-electron chi connectivity index (χ2n) is 4.57. The average molecular weight is 282 g/mol. The van der Waals surface area contributed by atoms with Gasteiger partial charge in [0.15, 0.2) is 0 Å². The summed E-state index contributed by atoms with van der Waals surface area (Å²) in [6.07, 6.45) is 1.25. The van der Waals surface area contributed by atoms with Crippen LogP contribution in [0.4, 0.5) is 9.18 Å². The van der Waals surface area contributed by atoms with E-state index >= 15 is 0 Å². The van der Waals surface area contributed by atoms with Gasteiger partial charge in [-0.05, 0) is 30.5 Å². The Morgan fingerprint density at radius 1 is 1.35 bits per heavy atom. The number of urea groups is 1. The first-order valence-electron chi connectivity index (χ1n) is 6.44. The second-order valence-corrected chi connectivity index (χ2v) is 4.57. The van der Waals surface area contributed by atoms with Crippen LogP contribution in [-0.2, 0) is 11.3 Å². The molecule has 5 nitrogen and oxygen atoms in total. The molecule has 110 valence electrons. The number of rotatable bonds is 7. The lowest BCUT2D eigenvalue weighted by atomic mass is 10.2. The lowest BCUT2D eigenvalue weighted by molar-refractivity contribution is -0.137. The van der Waals surface area contributed by atoms with Crippen LogP contribution in [0.1, 0.15) is 24.8 Å². The first-order chi connectivity index (χ1) is 9.49. The topological polar surface area (TPSA) is 69.6 Å². The zero-order valence-corrected chi connectivity index (χ0v) is 11.4. The largest absolute Gasteiger partial charge is 0.481 e. The number of carbonyl (C=O) groups excluding carboxylic acids is 1. The Kier molecular flexibility index (Phi) is 6.49. The smallest absolute Gasteiger partial charge is 0.317 e. The van der Waals surface area contributed by atoms with E-state index in [0.29, 0.717) is 31.5 Å². The third kappa shape index (κ3) is 6.17. The Hall–Kier alpha value is -2.11. The zero-order valence-electron chi connectivity index (χ0n) is 11.4. The van der Waals surface area contributed by atoms with Crippen molar-refractivity contribution in [2.45, 2.75) is 25.8 Å². The van der Waals surface area contributed by atoms with Crippen molar-refractivity contribution >= 4 is 12.0 Å². The Morgan fingerprint density at radius 3 is 2.75 bits per heavy atom. The molecule has 0 atom stereocenters. The van der Waals surface area contributed by atoms with Crippen LogP contribution in [0.5, 0.6) is 0 Å². The summed E-state index contributed by atoms with van der Waals surface area (Å²) in [5, 5.41) is 11.2. The number of amides is 2. The molecule has 0 radical (unpaired) electrons. The molecular formula is C14H19FN2O3. The molecule has 0 saturated heterocycles. The molecule has 0 aliphatic carbocycles. The van der Waals surface area contributed by atoms with Crippen molar-refractivity contribution in [2.24, 2.45) is 0 Å². The van der Waals surface area contributed by atoms with Gasteiger partial charge in [0.2, 0.25) is 0 Å². The van der Waals surface area contributed by atoms with E-state index in [1.54, 1.807) is 19.2 Å². The normalized spacial score (nSPS) is 10.1. The summed E-state index contributed by atoms with van der Waals surface area (Å²) in [5.41, 5.74) is 0.716. The van der Waals surface area contributed by atoms with Crippen LogP contribution in [0.15, 0.2) is 24.3 Å². The number of halogens is 1. The van der Waals surface area contributed by atoms with E-state index in [9.17, 15) is 14.0 Å². The van der Waals surface area contributed by atoms with Gasteiger partial charge in [-0.2, -0.15) is 0 Å². The van der Waals surface area contributed by atoms with Crippen molar-refractivity contribution in [1.29, 1.82) is 0 Å². The predicted molar refractivity (Wildman–Crippen MR) is 72.8 cm³/mol. The van der Waals surface area contributed by atoms with Crippen LogP contribution in [0, 0.1) is 5.82 Å². The van der Waals surface area contributed by atoms with E-state index in [1.165, 1.54) is 17.0 Å². The molecule has 1 aromatic rings. The lowest BCUT2D eigenvalue weighted by Gasteiger charge is -2.18. The fraction of sp³-hybridized carbons (Fsp3) is 0.429. The van der Waals surface area contributed by atoms with Crippen molar-refractivity contribution in [3.05, 3.63) is 35.6 Å². The quantitative estimate of drug-likeness (QED) is 0.753. The molecule has 2 amide bonds. The van der Waals surface area contributed by atoms with E-state index in [-0.39, 0.29) is 18.3 Å². The molecule has 0 unspecified atom stereocenters. The molecule has 0 fully saturated rings. The maximum Gasteiger partial charge on any atom is 0.317 e. The van der Waals surface area contributed by atoms with Gasteiger partial charge < -0.3 is 15.3 Å². The maximum absolute atomic E-state index is 13.0. The Balaban J connectivity index is 2.27. The summed E-state index contributed by atoms with van der Waals surface area (Å²) >= 11 is 0. The summed E-state index contributed by atoms with van der Waals surface area (Å²) in [6, 6.07) is 5.83. The first kappa shape index (κ1) is 15.9. The van der Waals surface area contributed by atoms with Crippen molar-refractivity contribution in [3.63, 3.8) is 0 Å². The Bertz CT molecular complexity index is 465. The third-order valence-corrected chi connectivity index (χ3v) is 2.75. The third-order valence-electron chi connectivity index (χ3n) is 2.75. The highest BCUT2D eigenvalue weighted by Crippen LogP contribution is 2.06. The van der Waals surface area contributed by atoms with E-state index in [4.69, 9.17) is 5.11 Å². The maximum atomic E-state index is 13.0. The number of unbranched alkanes of at least 4 members (excludes halogenated alkanes) is 1. The molecule has 0 bridgehead atoms. The molecule has 1 aromatic carbocycles. The molecule has 2 N–H and O–H groups in total. The average Bonchev–Trinajstić information content (AvgIpc) is 2.37. The first-order valence-corrected chi connectivity index (χ1v) is 6.44. The highest BCUT2D eigenvalue weighted by molar-refractivity contribution is 5.73. The zero-order chi connectivity index (χ0) is 15.0. The van der Waals surface area contributed by atoms with E-state index < -0.39 is 5.97 Å². The van der Waals surface area contributed by atoms with E-state index in [1.807, 2.05) is 0 Å². The van der Waals surface area contributed by atoms with Crippen LogP contribution in [0.25, 0.3) is 0 Å². The van der Waals surface area contributed by atoms with E-state index in [0.717, 1.165) is 0 Å². The van der Waals surface area contributed by atoms with Gasteiger partial charge >= 0.3 is 12.0 Å². The number of aliphatic carboxylic acids is 1. The molecule has 0 saturated carbocycles. The predicted octanol–water partition coefficient (Wildman–Crippen LogP) is 2.22. The van der Waals surface area contributed by atoms with Crippen LogP contribution in [0.2, 0.25) is 0 Å². The van der Waals surface area contributed by atoms with Crippen molar-refractivity contribution < 1.29 is 19.1 Å². The van der Waals surface area contributed by atoms with Crippen molar-refractivity contribution in [1.82, 2.24) is 10.2 Å². The minimum Gasteiger partial charge on any atom is -0.481 e. The van der Waals surface area contributed by atoms with Gasteiger partial charge in [-0.1, -0.05) is 12.1 Å². The number of hydrogen-bond acceptors (Lipinski definition) is 2. The minimum absolute atomic E-state index is 0.106. The molecule has 0 aliphatic heterocycles. The van der Waals surface area contributed by atoms with Gasteiger partial charge in [0.1, 0.15) is 5.82 Å². The SMILES string of the molecule is CN(Cc1cccc(F)c1)C(=O)NCCCCC(=O)O. The van der Waals surface area contributed by atoms with Crippen molar-refractivity contribution in [2.75, 3.05) is 13.6 Å². The summed E-state index contributed by atoms with van der Waals surface area (Å²) in [4.78, 5) is 23.5. The summed E-state index contributed by atoms with van der Waals surface area (Å²) < 4.78 is 13.0. The minimum atomic E-state index is -0.834. The van der Waals surface area contributed by atoms with Gasteiger partial charge in [-0.25, -0.2) is 9.18 Å². The Morgan fingerprint density at radius 2 is 2.10 bits per heavy atom. The second kappa shape index (κ2) is 8.14. The molecule has 0 heterocycles. The lowest BCUT2D eigenvalue weighted by Crippen LogP contribution is -2.37. The molecule has 0 aromatic heterocycles. The van der Waals surface area contributed by atoms with E-state index in [2.05, 4.69) is 5.32 Å². The van der Waals surface area contributed by atoms with Gasteiger partial charge in [-0.3, -0.25) is 4.79 Å². The fourth-order valence-electron chi connectivity index (χ4n) is 1.71.